The summed E-state index contributed by atoms with van der Waals surface area (Å²) < 4.78 is 45.2. The maximum Gasteiger partial charge on any atom is 0.434 e. The number of carbonyl (C=O) groups excluding carboxylic acids is 1. The molecule has 0 bridgehead atoms. The number of nitrogens with one attached hydrogen (secondary N) is 2. The van der Waals surface area contributed by atoms with Gasteiger partial charge in [-0.2, -0.15) is 18.2 Å². The average molecular weight is 489 g/mol. The minimum absolute atomic E-state index is 0.0199. The number of alkyl halides is 3. The number of aromatic amines is 1. The predicted molar refractivity (Wildman–Crippen MR) is 114 cm³/mol. The van der Waals surface area contributed by atoms with Crippen LogP contribution in [0.25, 0.3) is 0 Å². The van der Waals surface area contributed by atoms with Gasteiger partial charge in [0.05, 0.1) is 11.7 Å². The first-order chi connectivity index (χ1) is 15.5. The zero-order valence-corrected chi connectivity index (χ0v) is 18.5. The molecule has 1 amide bonds. The molecule has 0 radical (unpaired) electrons. The van der Waals surface area contributed by atoms with E-state index in [-0.39, 0.29) is 19.2 Å². The third-order valence-electron chi connectivity index (χ3n) is 5.25. The third kappa shape index (κ3) is 6.92. The molecule has 1 atom stereocenters. The summed E-state index contributed by atoms with van der Waals surface area (Å²) in [4.78, 5) is 30.1. The van der Waals surface area contributed by atoms with Crippen molar-refractivity contribution in [2.24, 2.45) is 0 Å². The van der Waals surface area contributed by atoms with Gasteiger partial charge in [0.2, 0.25) is 0 Å². The number of hydrogen-bond donors (Lipinski definition) is 3. The molecule has 33 heavy (non-hydrogen) atoms. The van der Waals surface area contributed by atoms with Crippen LogP contribution in [0.3, 0.4) is 0 Å². The minimum atomic E-state index is -4.96. The number of aliphatic hydroxyl groups excluding tert-OH is 1. The highest BCUT2D eigenvalue weighted by molar-refractivity contribution is 6.30. The highest BCUT2D eigenvalue weighted by Gasteiger charge is 2.38. The lowest BCUT2D eigenvalue weighted by atomic mass is 10.1. The molecular formula is C21H24ClF3N4O4. The molecule has 1 aliphatic rings. The number of amides is 1. The number of rotatable bonds is 7. The molecule has 0 spiro atoms. The monoisotopic (exact) mass is 488 g/mol. The summed E-state index contributed by atoms with van der Waals surface area (Å²) in [5, 5.41) is 13.1. The van der Waals surface area contributed by atoms with Gasteiger partial charge in [0.1, 0.15) is 11.9 Å². The molecule has 1 saturated heterocycles. The molecule has 0 saturated carbocycles. The first kappa shape index (κ1) is 25.0. The predicted octanol–water partition coefficient (Wildman–Crippen LogP) is 2.38. The summed E-state index contributed by atoms with van der Waals surface area (Å²) in [6, 6.07) is 5.43. The van der Waals surface area contributed by atoms with Gasteiger partial charge >= 0.3 is 11.9 Å². The molecule has 3 rings (SSSR count). The van der Waals surface area contributed by atoms with Gasteiger partial charge in [0.25, 0.3) is 5.91 Å². The van der Waals surface area contributed by atoms with Crippen molar-refractivity contribution in [3.8, 4) is 5.75 Å². The van der Waals surface area contributed by atoms with Crippen LogP contribution in [-0.2, 0) is 6.18 Å². The third-order valence-corrected chi connectivity index (χ3v) is 5.49. The number of aromatic nitrogens is 2. The Bertz CT molecular complexity index is 1040. The molecule has 1 aromatic carbocycles. The van der Waals surface area contributed by atoms with E-state index >= 15 is 0 Å². The molecule has 12 heteroatoms. The van der Waals surface area contributed by atoms with Crippen molar-refractivity contribution in [3.63, 3.8) is 0 Å². The SMILES string of the molecule is Cc1cc(Cl)ccc1OC1CCN(C[C@H](O)CNC(=O)c2c[nH]c(=O)nc2C(F)(F)F)CC1. The maximum absolute atomic E-state index is 13.0. The number of benzene rings is 1. The van der Waals surface area contributed by atoms with Gasteiger partial charge in [-0.25, -0.2) is 4.79 Å². The van der Waals surface area contributed by atoms with Crippen molar-refractivity contribution >= 4 is 17.5 Å². The summed E-state index contributed by atoms with van der Waals surface area (Å²) in [5.74, 6) is -0.314. The fourth-order valence-electron chi connectivity index (χ4n) is 3.59. The quantitative estimate of drug-likeness (QED) is 0.552. The summed E-state index contributed by atoms with van der Waals surface area (Å²) in [5.41, 5.74) is -2.65. The first-order valence-corrected chi connectivity index (χ1v) is 10.7. The molecular weight excluding hydrogens is 465 g/mol. The Morgan fingerprint density at radius 1 is 1.39 bits per heavy atom. The Hall–Kier alpha value is -2.63. The largest absolute Gasteiger partial charge is 0.490 e. The van der Waals surface area contributed by atoms with Gasteiger partial charge in [0.15, 0.2) is 5.69 Å². The second-order valence-electron chi connectivity index (χ2n) is 7.86. The zero-order valence-electron chi connectivity index (χ0n) is 17.8. The van der Waals surface area contributed by atoms with Gasteiger partial charge in [-0.15, -0.1) is 0 Å². The number of aliphatic hydroxyl groups is 1. The number of β-amino-alcohol motifs (C(OH)–C–C–N with tert-alkyl or cyclic N) is 1. The average Bonchev–Trinajstić information content (AvgIpc) is 2.74. The molecule has 2 aromatic rings. The summed E-state index contributed by atoms with van der Waals surface area (Å²) in [7, 11) is 0. The Kier molecular flexibility index (Phi) is 7.98. The maximum atomic E-state index is 13.0. The van der Waals surface area contributed by atoms with Crippen LogP contribution in [-0.4, -0.2) is 64.3 Å². The van der Waals surface area contributed by atoms with Gasteiger partial charge in [0, 0.05) is 37.4 Å². The van der Waals surface area contributed by atoms with Crippen molar-refractivity contribution in [1.29, 1.82) is 0 Å². The normalized spacial score (nSPS) is 16.4. The van der Waals surface area contributed by atoms with Crippen LogP contribution >= 0.6 is 11.6 Å². The van der Waals surface area contributed by atoms with Crippen LogP contribution in [0.15, 0.2) is 29.2 Å². The van der Waals surface area contributed by atoms with Crippen LogP contribution in [0, 0.1) is 6.92 Å². The highest BCUT2D eigenvalue weighted by Crippen LogP contribution is 2.29. The zero-order chi connectivity index (χ0) is 24.2. The topological polar surface area (TPSA) is 108 Å². The summed E-state index contributed by atoms with van der Waals surface area (Å²) in [6.45, 7) is 3.22. The molecule has 1 aliphatic heterocycles. The van der Waals surface area contributed by atoms with E-state index in [1.165, 1.54) is 0 Å². The van der Waals surface area contributed by atoms with Gasteiger partial charge in [-0.1, -0.05) is 11.6 Å². The summed E-state index contributed by atoms with van der Waals surface area (Å²) in [6.07, 6.45) is -3.80. The molecule has 2 heterocycles. The van der Waals surface area contributed by atoms with Gasteiger partial charge < -0.3 is 25.0 Å². The second-order valence-corrected chi connectivity index (χ2v) is 8.29. The number of piperidine rings is 1. The van der Waals surface area contributed by atoms with E-state index < -0.39 is 35.1 Å². The van der Waals surface area contributed by atoms with E-state index in [0.717, 1.165) is 24.2 Å². The second kappa shape index (κ2) is 10.5. The number of halogens is 4. The molecule has 0 unspecified atom stereocenters. The van der Waals surface area contributed by atoms with E-state index in [1.807, 2.05) is 28.9 Å². The molecule has 1 fully saturated rings. The standard InChI is InChI=1S/C21H24ClF3N4O4/c1-12-8-13(22)2-3-17(12)33-15-4-6-29(7-5-15)11-14(30)9-26-19(31)16-10-27-20(32)28-18(16)21(23,24)25/h2-3,8,10,14-15,30H,4-7,9,11H2,1H3,(H,26,31)(H,27,28,32)/t14-/m1/s1. The van der Waals surface area contributed by atoms with E-state index in [2.05, 4.69) is 10.3 Å². The fourth-order valence-corrected chi connectivity index (χ4v) is 3.81. The lowest BCUT2D eigenvalue weighted by Gasteiger charge is -2.33. The molecule has 8 nitrogen and oxygen atoms in total. The molecule has 180 valence electrons. The van der Waals surface area contributed by atoms with E-state index in [9.17, 15) is 27.9 Å². The van der Waals surface area contributed by atoms with Crippen molar-refractivity contribution < 1.29 is 27.8 Å². The van der Waals surface area contributed by atoms with Gasteiger partial charge in [-0.05, 0) is 43.5 Å². The first-order valence-electron chi connectivity index (χ1n) is 10.3. The van der Waals surface area contributed by atoms with E-state index in [0.29, 0.717) is 24.3 Å². The van der Waals surface area contributed by atoms with Crippen LogP contribution in [0.1, 0.15) is 34.5 Å². The van der Waals surface area contributed by atoms with Gasteiger partial charge in [-0.3, -0.25) is 4.79 Å². The molecule has 0 aliphatic carbocycles. The lowest BCUT2D eigenvalue weighted by molar-refractivity contribution is -0.141. The number of nitrogens with zero attached hydrogens (tertiary/aromatic N) is 2. The number of aryl methyl sites for hydroxylation is 1. The Balaban J connectivity index is 1.46. The van der Waals surface area contributed by atoms with E-state index in [1.54, 1.807) is 6.07 Å². The number of H-pyrrole nitrogens is 1. The van der Waals surface area contributed by atoms with Crippen LogP contribution in [0.5, 0.6) is 5.75 Å². The molecule has 3 N–H and O–H groups in total. The smallest absolute Gasteiger partial charge is 0.434 e. The number of likely N-dealkylation sites (tertiary alicyclic amines) is 1. The van der Waals surface area contributed by atoms with Crippen molar-refractivity contribution in [3.05, 3.63) is 56.7 Å². The number of carbonyl (C=O) groups is 1. The Morgan fingerprint density at radius 2 is 2.09 bits per heavy atom. The Morgan fingerprint density at radius 3 is 2.73 bits per heavy atom. The molecule has 1 aromatic heterocycles. The van der Waals surface area contributed by atoms with Crippen LogP contribution < -0.4 is 15.7 Å². The highest BCUT2D eigenvalue weighted by atomic mass is 35.5. The summed E-state index contributed by atoms with van der Waals surface area (Å²) >= 11 is 5.96. The van der Waals surface area contributed by atoms with Crippen LogP contribution in [0.2, 0.25) is 5.02 Å². The van der Waals surface area contributed by atoms with Crippen LogP contribution in [0.4, 0.5) is 13.2 Å². The van der Waals surface area contributed by atoms with Crippen molar-refractivity contribution in [1.82, 2.24) is 20.2 Å². The number of hydrogen-bond acceptors (Lipinski definition) is 6. The van der Waals surface area contributed by atoms with Crippen molar-refractivity contribution in [2.45, 2.75) is 38.1 Å². The minimum Gasteiger partial charge on any atom is -0.490 e. The van der Waals surface area contributed by atoms with Crippen molar-refractivity contribution in [2.75, 3.05) is 26.2 Å². The lowest BCUT2D eigenvalue weighted by Crippen LogP contribution is -2.45. The van der Waals surface area contributed by atoms with E-state index in [4.69, 9.17) is 16.3 Å². The Labute approximate surface area is 192 Å². The fraction of sp³-hybridized carbons (Fsp3) is 0.476. The number of ether oxygens (including phenoxy) is 1.